The summed E-state index contributed by atoms with van der Waals surface area (Å²) >= 11 is 0. The number of anilines is 1. The minimum absolute atomic E-state index is 0.0445. The Hall–Kier alpha value is -3.88. The van der Waals surface area contributed by atoms with Gasteiger partial charge in [0, 0.05) is 30.9 Å². The molecule has 1 N–H and O–H groups in total. The zero-order valence-electron chi connectivity index (χ0n) is 16.4. The van der Waals surface area contributed by atoms with Gasteiger partial charge in [0.1, 0.15) is 40.3 Å². The quantitative estimate of drug-likeness (QED) is 0.567. The number of hydrogen-bond donors (Lipinski definition) is 1. The molecule has 3 aromatic carbocycles. The van der Waals surface area contributed by atoms with Crippen LogP contribution >= 0.6 is 0 Å². The van der Waals surface area contributed by atoms with E-state index in [0.29, 0.717) is 17.3 Å². The SMILES string of the molecule is Cc1cc(N(C)C(=O)NC(=O)c2c(F)cccc2F)ccc1Oc1cc(F)cc(F)c1. The standard InChI is InChI=1S/C22H16F4N2O3/c1-12-8-15(6-7-19(12)31-16-10-13(23)9-14(24)11-16)28(2)22(30)27-21(29)20-17(25)4-3-5-18(20)26/h3-11H,1-2H3,(H,27,29,30). The Morgan fingerprint density at radius 3 is 2.10 bits per heavy atom. The zero-order chi connectivity index (χ0) is 22.7. The lowest BCUT2D eigenvalue weighted by molar-refractivity contribution is 0.0957. The van der Waals surface area contributed by atoms with Gasteiger partial charge in [-0.25, -0.2) is 22.4 Å². The second kappa shape index (κ2) is 8.86. The third-order valence-electron chi connectivity index (χ3n) is 4.32. The first-order valence-corrected chi connectivity index (χ1v) is 8.93. The van der Waals surface area contributed by atoms with E-state index in [2.05, 4.69) is 0 Å². The van der Waals surface area contributed by atoms with Gasteiger partial charge >= 0.3 is 6.03 Å². The van der Waals surface area contributed by atoms with E-state index in [-0.39, 0.29) is 11.5 Å². The largest absolute Gasteiger partial charge is 0.457 e. The smallest absolute Gasteiger partial charge is 0.328 e. The monoisotopic (exact) mass is 432 g/mol. The van der Waals surface area contributed by atoms with Crippen LogP contribution < -0.4 is 15.0 Å². The van der Waals surface area contributed by atoms with E-state index < -0.39 is 40.8 Å². The molecule has 3 rings (SSSR count). The fourth-order valence-electron chi connectivity index (χ4n) is 2.75. The topological polar surface area (TPSA) is 58.6 Å². The van der Waals surface area contributed by atoms with Crippen LogP contribution in [0.1, 0.15) is 15.9 Å². The highest BCUT2D eigenvalue weighted by atomic mass is 19.1. The van der Waals surface area contributed by atoms with Crippen molar-refractivity contribution in [2.45, 2.75) is 6.92 Å². The molecule has 0 spiro atoms. The Morgan fingerprint density at radius 1 is 0.903 bits per heavy atom. The van der Waals surface area contributed by atoms with Gasteiger partial charge in [-0.3, -0.25) is 15.0 Å². The van der Waals surface area contributed by atoms with Crippen LogP contribution in [0.2, 0.25) is 0 Å². The van der Waals surface area contributed by atoms with Crippen molar-refractivity contribution >= 4 is 17.6 Å². The molecule has 0 saturated carbocycles. The number of benzene rings is 3. The van der Waals surface area contributed by atoms with E-state index in [1.54, 1.807) is 6.92 Å². The molecule has 160 valence electrons. The van der Waals surface area contributed by atoms with Crippen LogP contribution in [0.3, 0.4) is 0 Å². The second-order valence-electron chi connectivity index (χ2n) is 6.57. The number of nitrogens with one attached hydrogen (secondary N) is 1. The number of hydrogen-bond acceptors (Lipinski definition) is 3. The molecule has 31 heavy (non-hydrogen) atoms. The molecule has 0 aliphatic rings. The lowest BCUT2D eigenvalue weighted by atomic mass is 10.2. The Morgan fingerprint density at radius 2 is 1.52 bits per heavy atom. The van der Waals surface area contributed by atoms with Crippen molar-refractivity contribution < 1.29 is 31.9 Å². The molecular weight excluding hydrogens is 416 g/mol. The summed E-state index contributed by atoms with van der Waals surface area (Å²) in [7, 11) is 1.34. The molecule has 0 heterocycles. The fraction of sp³-hybridized carbons (Fsp3) is 0.0909. The highest BCUT2D eigenvalue weighted by Crippen LogP contribution is 2.29. The van der Waals surface area contributed by atoms with E-state index in [1.807, 2.05) is 5.32 Å². The Balaban J connectivity index is 1.74. The predicted molar refractivity (Wildman–Crippen MR) is 105 cm³/mol. The van der Waals surface area contributed by atoms with Gasteiger partial charge in [-0.05, 0) is 42.8 Å². The lowest BCUT2D eigenvalue weighted by Crippen LogP contribution is -2.41. The fourth-order valence-corrected chi connectivity index (χ4v) is 2.75. The molecule has 3 aromatic rings. The highest BCUT2D eigenvalue weighted by Gasteiger charge is 2.21. The van der Waals surface area contributed by atoms with Crippen LogP contribution in [0, 0.1) is 30.2 Å². The van der Waals surface area contributed by atoms with Crippen molar-refractivity contribution in [3.8, 4) is 11.5 Å². The molecule has 0 fully saturated rings. The molecule has 0 bridgehead atoms. The third-order valence-corrected chi connectivity index (χ3v) is 4.32. The van der Waals surface area contributed by atoms with Crippen molar-refractivity contribution in [2.75, 3.05) is 11.9 Å². The molecular formula is C22H16F4N2O3. The molecule has 0 aromatic heterocycles. The van der Waals surface area contributed by atoms with Gasteiger partial charge in [0.2, 0.25) is 0 Å². The number of rotatable bonds is 4. The summed E-state index contributed by atoms with van der Waals surface area (Å²) in [5.74, 6) is -4.77. The molecule has 0 unspecified atom stereocenters. The molecule has 5 nitrogen and oxygen atoms in total. The maximum atomic E-state index is 13.7. The molecule has 0 saturated heterocycles. The summed E-state index contributed by atoms with van der Waals surface area (Å²) in [4.78, 5) is 25.5. The maximum absolute atomic E-state index is 13.7. The summed E-state index contributed by atoms with van der Waals surface area (Å²) in [5, 5.41) is 1.92. The van der Waals surface area contributed by atoms with E-state index >= 15 is 0 Å². The van der Waals surface area contributed by atoms with E-state index in [4.69, 9.17) is 4.74 Å². The summed E-state index contributed by atoms with van der Waals surface area (Å²) < 4.78 is 59.6. The Kier molecular flexibility index (Phi) is 6.24. The van der Waals surface area contributed by atoms with Gasteiger partial charge in [0.25, 0.3) is 5.91 Å². The van der Waals surface area contributed by atoms with Crippen LogP contribution in [0.15, 0.2) is 54.6 Å². The number of halogens is 4. The first-order valence-electron chi connectivity index (χ1n) is 8.93. The number of imide groups is 1. The van der Waals surface area contributed by atoms with E-state index in [9.17, 15) is 27.2 Å². The summed E-state index contributed by atoms with van der Waals surface area (Å²) in [6, 6.07) is 9.18. The number of carbonyl (C=O) groups is 2. The second-order valence-corrected chi connectivity index (χ2v) is 6.57. The van der Waals surface area contributed by atoms with E-state index in [0.717, 1.165) is 35.2 Å². The molecule has 0 aliphatic heterocycles. The third kappa shape index (κ3) is 5.00. The number of nitrogens with zero attached hydrogens (tertiary/aromatic N) is 1. The van der Waals surface area contributed by atoms with Crippen molar-refractivity contribution in [1.82, 2.24) is 5.32 Å². The van der Waals surface area contributed by atoms with Crippen LogP contribution in [-0.2, 0) is 0 Å². The summed E-state index contributed by atoms with van der Waals surface area (Å²) in [5.41, 5.74) is -0.0191. The number of aryl methyl sites for hydroxylation is 1. The Labute approximate surface area is 174 Å². The van der Waals surface area contributed by atoms with Crippen molar-refractivity contribution in [3.63, 3.8) is 0 Å². The van der Waals surface area contributed by atoms with Gasteiger partial charge < -0.3 is 4.74 Å². The average molecular weight is 432 g/mol. The summed E-state index contributed by atoms with van der Waals surface area (Å²) in [6.07, 6.45) is 0. The van der Waals surface area contributed by atoms with Gasteiger partial charge in [-0.15, -0.1) is 0 Å². The van der Waals surface area contributed by atoms with Crippen LogP contribution in [0.5, 0.6) is 11.5 Å². The van der Waals surface area contributed by atoms with Crippen LogP contribution in [0.4, 0.5) is 28.0 Å². The van der Waals surface area contributed by atoms with Crippen LogP contribution in [-0.4, -0.2) is 19.0 Å². The normalized spacial score (nSPS) is 10.5. The minimum Gasteiger partial charge on any atom is -0.457 e. The number of carbonyl (C=O) groups excluding carboxylic acids is 2. The van der Waals surface area contributed by atoms with Gasteiger partial charge in [-0.2, -0.15) is 0 Å². The number of ether oxygens (including phenoxy) is 1. The first kappa shape index (κ1) is 21.8. The maximum Gasteiger partial charge on any atom is 0.328 e. The minimum atomic E-state index is -1.22. The number of urea groups is 1. The highest BCUT2D eigenvalue weighted by molar-refractivity contribution is 6.08. The van der Waals surface area contributed by atoms with Gasteiger partial charge in [-0.1, -0.05) is 6.07 Å². The number of amides is 3. The molecule has 9 heteroatoms. The molecule has 0 atom stereocenters. The van der Waals surface area contributed by atoms with Crippen molar-refractivity contribution in [3.05, 3.63) is 89.0 Å². The first-order chi connectivity index (χ1) is 14.7. The lowest BCUT2D eigenvalue weighted by Gasteiger charge is -2.19. The zero-order valence-corrected chi connectivity index (χ0v) is 16.4. The van der Waals surface area contributed by atoms with Crippen molar-refractivity contribution in [1.29, 1.82) is 0 Å². The van der Waals surface area contributed by atoms with Crippen molar-refractivity contribution in [2.24, 2.45) is 0 Å². The summed E-state index contributed by atoms with van der Waals surface area (Å²) in [6.45, 7) is 1.64. The van der Waals surface area contributed by atoms with Crippen LogP contribution in [0.25, 0.3) is 0 Å². The average Bonchev–Trinajstić information content (AvgIpc) is 2.68. The van der Waals surface area contributed by atoms with Gasteiger partial charge in [0.05, 0.1) is 0 Å². The Bertz CT molecular complexity index is 1130. The molecule has 3 amide bonds. The predicted octanol–water partition coefficient (Wildman–Crippen LogP) is 5.33. The van der Waals surface area contributed by atoms with Gasteiger partial charge in [0.15, 0.2) is 0 Å². The molecule has 0 aliphatic carbocycles. The van der Waals surface area contributed by atoms with E-state index in [1.165, 1.54) is 25.2 Å². The molecule has 0 radical (unpaired) electrons.